The van der Waals surface area contributed by atoms with Crippen LogP contribution in [0.1, 0.15) is 61.4 Å². The molecule has 1 aliphatic rings. The number of amides is 1. The van der Waals surface area contributed by atoms with E-state index in [1.165, 1.54) is 0 Å². The average Bonchev–Trinajstić information content (AvgIpc) is 2.83. The van der Waals surface area contributed by atoms with Crippen LogP contribution < -0.4 is 4.74 Å². The van der Waals surface area contributed by atoms with Crippen LogP contribution in [-0.4, -0.2) is 46.0 Å². The number of methoxy groups -OCH3 is 1. The van der Waals surface area contributed by atoms with Crippen LogP contribution in [0.3, 0.4) is 0 Å². The Morgan fingerprint density at radius 3 is 2.28 bits per heavy atom. The number of aromatic nitrogens is 3. The summed E-state index contributed by atoms with van der Waals surface area (Å²) >= 11 is 0. The summed E-state index contributed by atoms with van der Waals surface area (Å²) in [4.78, 5) is 28.8. The van der Waals surface area contributed by atoms with Gasteiger partial charge < -0.3 is 9.64 Å². The number of benzene rings is 1. The van der Waals surface area contributed by atoms with E-state index in [0.29, 0.717) is 18.7 Å². The molecule has 0 atom stereocenters. The predicted molar refractivity (Wildman–Crippen MR) is 125 cm³/mol. The van der Waals surface area contributed by atoms with Crippen molar-refractivity contribution in [2.75, 3.05) is 20.2 Å². The zero-order valence-corrected chi connectivity index (χ0v) is 19.2. The molecule has 2 aromatic heterocycles. The van der Waals surface area contributed by atoms with E-state index in [-0.39, 0.29) is 17.2 Å². The number of piperidine rings is 1. The summed E-state index contributed by atoms with van der Waals surface area (Å²) in [7, 11) is 1.63. The fourth-order valence-corrected chi connectivity index (χ4v) is 4.09. The molecular formula is C26H30N4O2. The highest BCUT2D eigenvalue weighted by molar-refractivity contribution is 5.94. The molecule has 6 nitrogen and oxygen atoms in total. The molecule has 0 spiro atoms. The van der Waals surface area contributed by atoms with Crippen molar-refractivity contribution in [3.8, 4) is 16.9 Å². The lowest BCUT2D eigenvalue weighted by Crippen LogP contribution is -2.38. The average molecular weight is 431 g/mol. The van der Waals surface area contributed by atoms with Crippen LogP contribution in [0.15, 0.2) is 55.0 Å². The third-order valence-electron chi connectivity index (χ3n) is 5.99. The number of nitrogens with zero attached hydrogens (tertiary/aromatic N) is 4. The highest BCUT2D eigenvalue weighted by atomic mass is 16.5. The van der Waals surface area contributed by atoms with Crippen molar-refractivity contribution in [1.82, 2.24) is 19.9 Å². The van der Waals surface area contributed by atoms with Gasteiger partial charge in [0.2, 0.25) is 0 Å². The molecule has 0 N–H and O–H groups in total. The molecule has 3 heterocycles. The normalized spacial score (nSPS) is 14.9. The summed E-state index contributed by atoms with van der Waals surface area (Å²) in [5.41, 5.74) is 3.77. The molecule has 1 aromatic carbocycles. The van der Waals surface area contributed by atoms with Gasteiger partial charge in [-0.15, -0.1) is 0 Å². The zero-order valence-electron chi connectivity index (χ0n) is 19.2. The topological polar surface area (TPSA) is 68.2 Å². The van der Waals surface area contributed by atoms with Gasteiger partial charge in [0, 0.05) is 54.1 Å². The molecule has 0 bridgehead atoms. The maximum Gasteiger partial charge on any atom is 0.253 e. The lowest BCUT2D eigenvalue weighted by Gasteiger charge is -2.33. The summed E-state index contributed by atoms with van der Waals surface area (Å²) < 4.78 is 5.20. The molecule has 6 heteroatoms. The Labute approximate surface area is 189 Å². The molecule has 0 saturated carbocycles. The maximum absolute atomic E-state index is 13.0. The predicted octanol–water partition coefficient (Wildman–Crippen LogP) is 4.86. The van der Waals surface area contributed by atoms with Crippen LogP contribution in [0.2, 0.25) is 0 Å². The minimum absolute atomic E-state index is 0.0681. The van der Waals surface area contributed by atoms with Crippen LogP contribution in [0.4, 0.5) is 0 Å². The van der Waals surface area contributed by atoms with Crippen molar-refractivity contribution < 1.29 is 9.53 Å². The summed E-state index contributed by atoms with van der Waals surface area (Å²) in [5.74, 6) is 1.95. The van der Waals surface area contributed by atoms with Crippen LogP contribution in [0.5, 0.6) is 5.75 Å². The van der Waals surface area contributed by atoms with Gasteiger partial charge in [0.25, 0.3) is 5.91 Å². The molecule has 4 rings (SSSR count). The van der Waals surface area contributed by atoms with Gasteiger partial charge >= 0.3 is 0 Å². The largest absolute Gasteiger partial charge is 0.497 e. The van der Waals surface area contributed by atoms with Gasteiger partial charge in [0.15, 0.2) is 0 Å². The molecule has 0 radical (unpaired) electrons. The lowest BCUT2D eigenvalue weighted by atomic mass is 9.87. The van der Waals surface area contributed by atoms with Crippen molar-refractivity contribution >= 4 is 5.91 Å². The molecule has 0 aliphatic carbocycles. The third kappa shape index (κ3) is 4.64. The van der Waals surface area contributed by atoms with Crippen LogP contribution in [-0.2, 0) is 5.41 Å². The second-order valence-corrected chi connectivity index (χ2v) is 9.27. The SMILES string of the molecule is COc1ccc(C(=O)N2CCC(c3nc(C(C)(C)C)ncc3-c3ccncc3)CC2)cc1. The van der Waals surface area contributed by atoms with Gasteiger partial charge in [-0.05, 0) is 54.8 Å². The van der Waals surface area contributed by atoms with E-state index in [1.807, 2.05) is 47.5 Å². The number of carbonyl (C=O) groups is 1. The monoisotopic (exact) mass is 430 g/mol. The van der Waals surface area contributed by atoms with E-state index < -0.39 is 0 Å². The number of hydrogen-bond donors (Lipinski definition) is 0. The van der Waals surface area contributed by atoms with E-state index in [4.69, 9.17) is 9.72 Å². The summed E-state index contributed by atoms with van der Waals surface area (Å²) in [6, 6.07) is 11.3. The quantitative estimate of drug-likeness (QED) is 0.591. The molecule has 1 amide bonds. The first-order valence-corrected chi connectivity index (χ1v) is 11.1. The summed E-state index contributed by atoms with van der Waals surface area (Å²) in [5, 5.41) is 0. The van der Waals surface area contributed by atoms with E-state index in [2.05, 4.69) is 30.7 Å². The van der Waals surface area contributed by atoms with Crippen LogP contribution in [0, 0.1) is 0 Å². The van der Waals surface area contributed by atoms with Crippen molar-refractivity contribution in [2.45, 2.75) is 44.9 Å². The highest BCUT2D eigenvalue weighted by Crippen LogP contribution is 2.35. The highest BCUT2D eigenvalue weighted by Gasteiger charge is 2.29. The minimum atomic E-state index is -0.128. The minimum Gasteiger partial charge on any atom is -0.497 e. The second-order valence-electron chi connectivity index (χ2n) is 9.27. The Balaban J connectivity index is 1.56. The van der Waals surface area contributed by atoms with E-state index in [1.54, 1.807) is 19.5 Å². The summed E-state index contributed by atoms with van der Waals surface area (Å²) in [6.07, 6.45) is 7.30. The third-order valence-corrected chi connectivity index (χ3v) is 5.99. The molecule has 1 saturated heterocycles. The maximum atomic E-state index is 13.0. The zero-order chi connectivity index (χ0) is 22.7. The number of hydrogen-bond acceptors (Lipinski definition) is 5. The smallest absolute Gasteiger partial charge is 0.253 e. The number of likely N-dealkylation sites (tertiary alicyclic amines) is 1. The van der Waals surface area contributed by atoms with E-state index >= 15 is 0 Å². The van der Waals surface area contributed by atoms with Gasteiger partial charge in [0.1, 0.15) is 11.6 Å². The first-order valence-electron chi connectivity index (χ1n) is 11.1. The van der Waals surface area contributed by atoms with Gasteiger partial charge in [-0.2, -0.15) is 0 Å². The number of rotatable bonds is 4. The Morgan fingerprint density at radius 1 is 1.03 bits per heavy atom. The van der Waals surface area contributed by atoms with Crippen molar-refractivity contribution in [2.24, 2.45) is 0 Å². The van der Waals surface area contributed by atoms with Crippen LogP contribution in [0.25, 0.3) is 11.1 Å². The standard InChI is InChI=1S/C26H30N4O2/c1-26(2,3)25-28-17-22(18-9-13-27-14-10-18)23(29-25)19-11-15-30(16-12-19)24(31)20-5-7-21(32-4)8-6-20/h5-10,13-14,17,19H,11-12,15-16H2,1-4H3. The van der Waals surface area contributed by atoms with Gasteiger partial charge in [-0.25, -0.2) is 9.97 Å². The first kappa shape index (κ1) is 21.9. The molecule has 166 valence electrons. The number of ether oxygens (including phenoxy) is 1. The fourth-order valence-electron chi connectivity index (χ4n) is 4.09. The molecule has 1 fully saturated rings. The number of carbonyl (C=O) groups excluding carboxylic acids is 1. The Bertz CT molecular complexity index is 1070. The molecule has 32 heavy (non-hydrogen) atoms. The second kappa shape index (κ2) is 9.07. The molecular weight excluding hydrogens is 400 g/mol. The molecule has 1 aliphatic heterocycles. The van der Waals surface area contributed by atoms with E-state index in [0.717, 1.165) is 41.2 Å². The van der Waals surface area contributed by atoms with Gasteiger partial charge in [-0.1, -0.05) is 20.8 Å². The lowest BCUT2D eigenvalue weighted by molar-refractivity contribution is 0.0712. The molecule has 0 unspecified atom stereocenters. The Kier molecular flexibility index (Phi) is 6.21. The number of pyridine rings is 1. The van der Waals surface area contributed by atoms with Crippen LogP contribution >= 0.6 is 0 Å². The Morgan fingerprint density at radius 2 is 1.69 bits per heavy atom. The summed E-state index contributed by atoms with van der Waals surface area (Å²) in [6.45, 7) is 7.82. The van der Waals surface area contributed by atoms with Crippen molar-refractivity contribution in [3.05, 3.63) is 72.1 Å². The first-order chi connectivity index (χ1) is 15.4. The van der Waals surface area contributed by atoms with Crippen molar-refractivity contribution in [1.29, 1.82) is 0 Å². The van der Waals surface area contributed by atoms with E-state index in [9.17, 15) is 4.79 Å². The van der Waals surface area contributed by atoms with Gasteiger partial charge in [0.05, 0.1) is 12.8 Å². The Hall–Kier alpha value is -3.28. The van der Waals surface area contributed by atoms with Gasteiger partial charge in [-0.3, -0.25) is 9.78 Å². The molecule has 3 aromatic rings. The fraction of sp³-hybridized carbons (Fsp3) is 0.385. The van der Waals surface area contributed by atoms with Crippen molar-refractivity contribution in [3.63, 3.8) is 0 Å².